The molecule has 0 unspecified atom stereocenters. The Labute approximate surface area is 114 Å². The largest absolute Gasteiger partial charge is 0.348 e. The Kier molecular flexibility index (Phi) is 4.28. The molecule has 1 heterocycles. The van der Waals surface area contributed by atoms with Crippen LogP contribution < -0.4 is 5.32 Å². The Balaban J connectivity index is 3.04. The van der Waals surface area contributed by atoms with Gasteiger partial charge in [0.25, 0.3) is 5.91 Å². The molecule has 0 spiro atoms. The summed E-state index contributed by atoms with van der Waals surface area (Å²) in [4.78, 5) is 23.0. The maximum Gasteiger partial charge on any atom is 0.253 e. The molecular weight excluding hydrogens is 288 g/mol. The van der Waals surface area contributed by atoms with Crippen molar-refractivity contribution in [2.45, 2.75) is 23.7 Å². The second kappa shape index (κ2) is 5.00. The van der Waals surface area contributed by atoms with Crippen LogP contribution >= 0.6 is 34.8 Å². The van der Waals surface area contributed by atoms with Gasteiger partial charge in [-0.1, -0.05) is 34.8 Å². The fourth-order valence-corrected chi connectivity index (χ4v) is 2.23. The van der Waals surface area contributed by atoms with Crippen LogP contribution in [0.5, 0.6) is 0 Å². The van der Waals surface area contributed by atoms with Crippen molar-refractivity contribution in [3.05, 3.63) is 0 Å². The smallest absolute Gasteiger partial charge is 0.253 e. The SMILES string of the molecule is CC(=O)N[C@@H]([C@H]1C(=O)N(C)N=C1C)C(Cl)(Cl)Cl. The van der Waals surface area contributed by atoms with Gasteiger partial charge in [-0.3, -0.25) is 9.59 Å². The molecule has 0 aromatic carbocycles. The lowest BCUT2D eigenvalue weighted by Gasteiger charge is -2.29. The molecule has 0 fully saturated rings. The van der Waals surface area contributed by atoms with Gasteiger partial charge in [0.2, 0.25) is 9.70 Å². The monoisotopic (exact) mass is 299 g/mol. The van der Waals surface area contributed by atoms with Crippen LogP contribution in [0, 0.1) is 5.92 Å². The van der Waals surface area contributed by atoms with Gasteiger partial charge in [-0.25, -0.2) is 5.01 Å². The number of alkyl halides is 3. The third kappa shape index (κ3) is 3.24. The standard InChI is InChI=1S/C9H12Cl3N3O2/c1-4-6(8(17)15(3)14-4)7(9(10,11)12)13-5(2)16/h6-7H,1-3H3,(H,13,16)/t6-,7-/m0/s1. The summed E-state index contributed by atoms with van der Waals surface area (Å²) >= 11 is 17.4. The third-order valence-electron chi connectivity index (χ3n) is 2.39. The van der Waals surface area contributed by atoms with E-state index >= 15 is 0 Å². The van der Waals surface area contributed by atoms with Crippen LogP contribution in [-0.2, 0) is 9.59 Å². The van der Waals surface area contributed by atoms with Gasteiger partial charge in [0, 0.05) is 14.0 Å². The first kappa shape index (κ1) is 14.5. The summed E-state index contributed by atoms with van der Waals surface area (Å²) in [6, 6.07) is -0.939. The molecule has 17 heavy (non-hydrogen) atoms. The van der Waals surface area contributed by atoms with E-state index < -0.39 is 15.8 Å². The maximum atomic E-state index is 11.9. The Morgan fingerprint density at radius 2 is 2.06 bits per heavy atom. The number of halogens is 3. The molecule has 2 atom stereocenters. The molecule has 0 saturated heterocycles. The van der Waals surface area contributed by atoms with Crippen molar-refractivity contribution in [2.24, 2.45) is 11.0 Å². The zero-order valence-electron chi connectivity index (χ0n) is 9.50. The van der Waals surface area contributed by atoms with Gasteiger partial charge in [0.1, 0.15) is 5.92 Å². The van der Waals surface area contributed by atoms with Crippen molar-refractivity contribution in [3.8, 4) is 0 Å². The molecule has 1 aliphatic heterocycles. The second-order valence-electron chi connectivity index (χ2n) is 3.80. The topological polar surface area (TPSA) is 61.8 Å². The van der Waals surface area contributed by atoms with Gasteiger partial charge in [0.15, 0.2) is 0 Å². The number of carbonyl (C=O) groups is 2. The highest BCUT2D eigenvalue weighted by molar-refractivity contribution is 6.68. The van der Waals surface area contributed by atoms with Crippen LogP contribution in [0.1, 0.15) is 13.8 Å². The first-order valence-electron chi connectivity index (χ1n) is 4.81. The predicted molar refractivity (Wildman–Crippen MR) is 67.3 cm³/mol. The lowest BCUT2D eigenvalue weighted by molar-refractivity contribution is -0.131. The van der Waals surface area contributed by atoms with Crippen molar-refractivity contribution >= 4 is 52.3 Å². The number of nitrogens with one attached hydrogen (secondary N) is 1. The van der Waals surface area contributed by atoms with E-state index in [9.17, 15) is 9.59 Å². The van der Waals surface area contributed by atoms with Crippen molar-refractivity contribution in [3.63, 3.8) is 0 Å². The van der Waals surface area contributed by atoms with Crippen LogP contribution in [0.15, 0.2) is 5.10 Å². The Morgan fingerprint density at radius 3 is 2.35 bits per heavy atom. The molecule has 5 nitrogen and oxygen atoms in total. The van der Waals surface area contributed by atoms with E-state index in [1.54, 1.807) is 6.92 Å². The zero-order chi connectivity index (χ0) is 13.4. The molecule has 1 rings (SSSR count). The summed E-state index contributed by atoms with van der Waals surface area (Å²) in [6.07, 6.45) is 0. The minimum atomic E-state index is -1.78. The highest BCUT2D eigenvalue weighted by Gasteiger charge is 2.47. The van der Waals surface area contributed by atoms with Crippen molar-refractivity contribution < 1.29 is 9.59 Å². The fourth-order valence-electron chi connectivity index (χ4n) is 1.68. The van der Waals surface area contributed by atoms with E-state index in [4.69, 9.17) is 34.8 Å². The molecule has 0 bridgehead atoms. The number of amides is 2. The van der Waals surface area contributed by atoms with Gasteiger partial charge in [-0.05, 0) is 6.92 Å². The van der Waals surface area contributed by atoms with E-state index in [-0.39, 0.29) is 11.8 Å². The summed E-state index contributed by atoms with van der Waals surface area (Å²) in [5.74, 6) is -1.44. The summed E-state index contributed by atoms with van der Waals surface area (Å²) in [5, 5.41) is 7.62. The minimum absolute atomic E-state index is 0.312. The number of hydrogen-bond donors (Lipinski definition) is 1. The first-order valence-corrected chi connectivity index (χ1v) is 5.94. The Hall–Kier alpha value is -0.520. The molecule has 0 aromatic rings. The molecule has 0 aromatic heterocycles. The van der Waals surface area contributed by atoms with E-state index in [1.807, 2.05) is 0 Å². The van der Waals surface area contributed by atoms with Gasteiger partial charge < -0.3 is 5.32 Å². The lowest BCUT2D eigenvalue weighted by Crippen LogP contribution is -2.52. The molecule has 1 aliphatic rings. The number of hydrogen-bond acceptors (Lipinski definition) is 3. The van der Waals surface area contributed by atoms with Crippen molar-refractivity contribution in [1.29, 1.82) is 0 Å². The maximum absolute atomic E-state index is 11.9. The molecular formula is C9H12Cl3N3O2. The minimum Gasteiger partial charge on any atom is -0.348 e. The molecule has 0 saturated carbocycles. The summed E-state index contributed by atoms with van der Waals surface area (Å²) in [5.41, 5.74) is 0.502. The van der Waals surface area contributed by atoms with Gasteiger partial charge in [-0.15, -0.1) is 0 Å². The summed E-state index contributed by atoms with van der Waals surface area (Å²) in [7, 11) is 1.51. The quantitative estimate of drug-likeness (QED) is 0.782. The molecule has 1 N–H and O–H groups in total. The van der Waals surface area contributed by atoms with Crippen LogP contribution in [0.3, 0.4) is 0 Å². The van der Waals surface area contributed by atoms with E-state index in [0.717, 1.165) is 0 Å². The summed E-state index contributed by atoms with van der Waals surface area (Å²) < 4.78 is -1.78. The van der Waals surface area contributed by atoms with Gasteiger partial charge in [0.05, 0.1) is 11.8 Å². The molecule has 0 aliphatic carbocycles. The first-order chi connectivity index (χ1) is 7.64. The van der Waals surface area contributed by atoms with Gasteiger partial charge >= 0.3 is 0 Å². The zero-order valence-corrected chi connectivity index (χ0v) is 11.8. The third-order valence-corrected chi connectivity index (χ3v) is 3.09. The number of nitrogens with zero attached hydrogens (tertiary/aromatic N) is 2. The van der Waals surface area contributed by atoms with Gasteiger partial charge in [-0.2, -0.15) is 5.10 Å². The Morgan fingerprint density at radius 1 is 1.53 bits per heavy atom. The van der Waals surface area contributed by atoms with Crippen LogP contribution in [0.25, 0.3) is 0 Å². The highest BCUT2D eigenvalue weighted by Crippen LogP contribution is 2.36. The fraction of sp³-hybridized carbons (Fsp3) is 0.667. The average molecular weight is 301 g/mol. The Bertz CT molecular complexity index is 378. The molecule has 0 radical (unpaired) electrons. The normalized spacial score (nSPS) is 22.5. The molecule has 8 heteroatoms. The number of hydrazone groups is 1. The number of carbonyl (C=O) groups excluding carboxylic acids is 2. The van der Waals surface area contributed by atoms with E-state index in [1.165, 1.54) is 19.0 Å². The van der Waals surface area contributed by atoms with E-state index in [2.05, 4.69) is 10.4 Å². The predicted octanol–water partition coefficient (Wildman–Crippen LogP) is 1.33. The summed E-state index contributed by atoms with van der Waals surface area (Å²) in [6.45, 7) is 2.94. The molecule has 2 amide bonds. The second-order valence-corrected chi connectivity index (χ2v) is 6.17. The van der Waals surface area contributed by atoms with Crippen LogP contribution in [0.2, 0.25) is 0 Å². The van der Waals surface area contributed by atoms with Crippen LogP contribution in [0.4, 0.5) is 0 Å². The highest BCUT2D eigenvalue weighted by atomic mass is 35.6. The average Bonchev–Trinajstić information content (AvgIpc) is 2.36. The molecule has 96 valence electrons. The lowest BCUT2D eigenvalue weighted by atomic mass is 9.96. The van der Waals surface area contributed by atoms with Crippen LogP contribution in [-0.4, -0.2) is 39.4 Å². The number of rotatable bonds is 2. The van der Waals surface area contributed by atoms with Crippen molar-refractivity contribution in [2.75, 3.05) is 7.05 Å². The van der Waals surface area contributed by atoms with E-state index in [0.29, 0.717) is 5.71 Å². The van der Waals surface area contributed by atoms with Crippen molar-refractivity contribution in [1.82, 2.24) is 10.3 Å².